The van der Waals surface area contributed by atoms with E-state index in [4.69, 9.17) is 0 Å². The molecule has 1 rings (SSSR count). The minimum atomic E-state index is 0.449. The van der Waals surface area contributed by atoms with Crippen LogP contribution in [0.4, 0.5) is 5.95 Å². The van der Waals surface area contributed by atoms with Crippen molar-refractivity contribution in [1.29, 1.82) is 0 Å². The van der Waals surface area contributed by atoms with Crippen molar-refractivity contribution in [2.24, 2.45) is 0 Å². The van der Waals surface area contributed by atoms with Crippen LogP contribution in [-0.2, 0) is 0 Å². The molecule has 1 N–H and O–H groups in total. The highest BCUT2D eigenvalue weighted by Gasteiger charge is 2.01. The first-order chi connectivity index (χ1) is 6.22. The average molecular weight is 291 g/mol. The molecule has 1 aromatic rings. The van der Waals surface area contributed by atoms with E-state index in [1.54, 1.807) is 0 Å². The Labute approximate surface area is 92.5 Å². The van der Waals surface area contributed by atoms with Crippen molar-refractivity contribution >= 4 is 28.5 Å². The summed E-state index contributed by atoms with van der Waals surface area (Å²) in [6, 6.07) is 0.449. The third kappa shape index (κ3) is 3.89. The maximum absolute atomic E-state index is 4.17. The van der Waals surface area contributed by atoms with Gasteiger partial charge >= 0.3 is 0 Å². The summed E-state index contributed by atoms with van der Waals surface area (Å²) in [7, 11) is 0. The molecule has 1 atom stereocenters. The predicted octanol–water partition coefficient (Wildman–Crippen LogP) is 2.68. The molecular weight excluding hydrogens is 277 g/mol. The first kappa shape index (κ1) is 10.7. The molecule has 4 heteroatoms. The van der Waals surface area contributed by atoms with Crippen LogP contribution in [0.15, 0.2) is 12.4 Å². The van der Waals surface area contributed by atoms with Gasteiger partial charge in [-0.15, -0.1) is 0 Å². The van der Waals surface area contributed by atoms with Crippen molar-refractivity contribution in [1.82, 2.24) is 9.97 Å². The summed E-state index contributed by atoms with van der Waals surface area (Å²) in [6.45, 7) is 4.32. The molecule has 0 aliphatic carbocycles. The Hall–Kier alpha value is -0.390. The predicted molar refractivity (Wildman–Crippen MR) is 62.7 cm³/mol. The summed E-state index contributed by atoms with van der Waals surface area (Å²) in [6.07, 6.45) is 5.96. The molecule has 0 bridgehead atoms. The van der Waals surface area contributed by atoms with E-state index in [9.17, 15) is 0 Å². The van der Waals surface area contributed by atoms with Gasteiger partial charge in [0, 0.05) is 22.0 Å². The van der Waals surface area contributed by atoms with Crippen LogP contribution in [0.5, 0.6) is 0 Å². The van der Waals surface area contributed by atoms with Crippen LogP contribution in [-0.4, -0.2) is 16.0 Å². The minimum Gasteiger partial charge on any atom is -0.352 e. The lowest BCUT2D eigenvalue weighted by molar-refractivity contribution is 0.683. The van der Waals surface area contributed by atoms with Crippen molar-refractivity contribution < 1.29 is 0 Å². The highest BCUT2D eigenvalue weighted by Crippen LogP contribution is 2.06. The smallest absolute Gasteiger partial charge is 0.222 e. The first-order valence-corrected chi connectivity index (χ1v) is 5.54. The van der Waals surface area contributed by atoms with Crippen molar-refractivity contribution in [2.75, 3.05) is 5.32 Å². The Morgan fingerprint density at radius 3 is 2.62 bits per heavy atom. The van der Waals surface area contributed by atoms with Crippen LogP contribution >= 0.6 is 22.6 Å². The second-order valence-corrected chi connectivity index (χ2v) is 4.30. The second-order valence-electron chi connectivity index (χ2n) is 3.06. The molecule has 1 heterocycles. The molecule has 0 radical (unpaired) electrons. The molecule has 0 fully saturated rings. The number of anilines is 1. The lowest BCUT2D eigenvalue weighted by Gasteiger charge is -2.11. The molecule has 0 spiro atoms. The van der Waals surface area contributed by atoms with Gasteiger partial charge < -0.3 is 5.32 Å². The van der Waals surface area contributed by atoms with E-state index in [0.717, 1.165) is 15.9 Å². The molecule has 0 aromatic carbocycles. The van der Waals surface area contributed by atoms with Crippen molar-refractivity contribution in [3.8, 4) is 0 Å². The largest absolute Gasteiger partial charge is 0.352 e. The zero-order valence-corrected chi connectivity index (χ0v) is 10.1. The Kier molecular flexibility index (Phi) is 4.41. The number of rotatable bonds is 4. The van der Waals surface area contributed by atoms with Gasteiger partial charge in [0.15, 0.2) is 0 Å². The third-order valence-electron chi connectivity index (χ3n) is 1.72. The molecule has 0 saturated heterocycles. The fourth-order valence-electron chi connectivity index (χ4n) is 1.11. The fourth-order valence-corrected chi connectivity index (χ4v) is 1.39. The standard InChI is InChI=1S/C9H14IN3/c1-3-4-7(2)13-9-11-5-8(10)6-12-9/h5-7H,3-4H2,1-2H3,(H,11,12,13). The summed E-state index contributed by atoms with van der Waals surface area (Å²) >= 11 is 2.19. The van der Waals surface area contributed by atoms with Gasteiger partial charge in [-0.05, 0) is 35.9 Å². The van der Waals surface area contributed by atoms with Gasteiger partial charge in [0.25, 0.3) is 0 Å². The summed E-state index contributed by atoms with van der Waals surface area (Å²) in [4.78, 5) is 8.34. The van der Waals surface area contributed by atoms with Crippen LogP contribution in [0.1, 0.15) is 26.7 Å². The number of hydrogen-bond acceptors (Lipinski definition) is 3. The van der Waals surface area contributed by atoms with Crippen molar-refractivity contribution in [2.45, 2.75) is 32.7 Å². The van der Waals surface area contributed by atoms with Gasteiger partial charge in [-0.3, -0.25) is 0 Å². The monoisotopic (exact) mass is 291 g/mol. The number of nitrogens with one attached hydrogen (secondary N) is 1. The Morgan fingerprint density at radius 2 is 2.08 bits per heavy atom. The number of halogens is 1. The van der Waals surface area contributed by atoms with Gasteiger partial charge in [-0.1, -0.05) is 13.3 Å². The van der Waals surface area contributed by atoms with E-state index in [1.165, 1.54) is 6.42 Å². The Bertz CT molecular complexity index is 248. The van der Waals surface area contributed by atoms with Crippen molar-refractivity contribution in [3.05, 3.63) is 16.0 Å². The average Bonchev–Trinajstić information content (AvgIpc) is 2.09. The highest BCUT2D eigenvalue weighted by molar-refractivity contribution is 14.1. The lowest BCUT2D eigenvalue weighted by Crippen LogP contribution is -2.16. The van der Waals surface area contributed by atoms with E-state index >= 15 is 0 Å². The van der Waals surface area contributed by atoms with Crippen LogP contribution in [0.2, 0.25) is 0 Å². The summed E-state index contributed by atoms with van der Waals surface area (Å²) in [5.41, 5.74) is 0. The van der Waals surface area contributed by atoms with Crippen LogP contribution in [0, 0.1) is 3.57 Å². The molecule has 0 aliphatic rings. The Balaban J connectivity index is 2.49. The molecule has 3 nitrogen and oxygen atoms in total. The van der Waals surface area contributed by atoms with E-state index < -0.39 is 0 Å². The maximum Gasteiger partial charge on any atom is 0.222 e. The topological polar surface area (TPSA) is 37.8 Å². The van der Waals surface area contributed by atoms with Gasteiger partial charge in [0.1, 0.15) is 0 Å². The molecule has 1 unspecified atom stereocenters. The SMILES string of the molecule is CCCC(C)Nc1ncc(I)cn1. The van der Waals surface area contributed by atoms with Crippen LogP contribution in [0.3, 0.4) is 0 Å². The zero-order valence-electron chi connectivity index (χ0n) is 7.92. The van der Waals surface area contributed by atoms with Gasteiger partial charge in [0.05, 0.1) is 0 Å². The molecule has 72 valence electrons. The molecule has 1 aromatic heterocycles. The number of aromatic nitrogens is 2. The summed E-state index contributed by atoms with van der Waals surface area (Å²) < 4.78 is 1.06. The van der Waals surface area contributed by atoms with Crippen LogP contribution in [0.25, 0.3) is 0 Å². The van der Waals surface area contributed by atoms with E-state index in [-0.39, 0.29) is 0 Å². The van der Waals surface area contributed by atoms with Gasteiger partial charge in [-0.25, -0.2) is 9.97 Å². The maximum atomic E-state index is 4.17. The Morgan fingerprint density at radius 1 is 1.46 bits per heavy atom. The summed E-state index contributed by atoms with van der Waals surface area (Å²) in [5, 5.41) is 3.24. The van der Waals surface area contributed by atoms with E-state index in [2.05, 4.69) is 51.7 Å². The quantitative estimate of drug-likeness (QED) is 0.867. The first-order valence-electron chi connectivity index (χ1n) is 4.46. The number of hydrogen-bond donors (Lipinski definition) is 1. The summed E-state index contributed by atoms with van der Waals surface area (Å²) in [5.74, 6) is 0.723. The van der Waals surface area contributed by atoms with Gasteiger partial charge in [0.2, 0.25) is 5.95 Å². The third-order valence-corrected chi connectivity index (χ3v) is 2.27. The van der Waals surface area contributed by atoms with Crippen molar-refractivity contribution in [3.63, 3.8) is 0 Å². The molecule has 0 saturated carbocycles. The fraction of sp³-hybridized carbons (Fsp3) is 0.556. The second kappa shape index (κ2) is 5.36. The normalized spacial score (nSPS) is 12.5. The van der Waals surface area contributed by atoms with E-state index in [0.29, 0.717) is 6.04 Å². The molecular formula is C9H14IN3. The van der Waals surface area contributed by atoms with Crippen LogP contribution < -0.4 is 5.32 Å². The van der Waals surface area contributed by atoms with Gasteiger partial charge in [-0.2, -0.15) is 0 Å². The highest BCUT2D eigenvalue weighted by atomic mass is 127. The zero-order chi connectivity index (χ0) is 9.68. The molecule has 13 heavy (non-hydrogen) atoms. The molecule has 0 amide bonds. The molecule has 0 aliphatic heterocycles. The number of nitrogens with zero attached hydrogens (tertiary/aromatic N) is 2. The lowest BCUT2D eigenvalue weighted by atomic mass is 10.2. The van der Waals surface area contributed by atoms with E-state index in [1.807, 2.05) is 12.4 Å². The minimum absolute atomic E-state index is 0.449.